The van der Waals surface area contributed by atoms with Crippen LogP contribution in [0.1, 0.15) is 15.9 Å². The monoisotopic (exact) mass is 221 g/mol. The topological polar surface area (TPSA) is 70.4 Å². The molecule has 2 aromatic rings. The van der Waals surface area contributed by atoms with Crippen molar-refractivity contribution in [1.29, 1.82) is 0 Å². The lowest BCUT2D eigenvalue weighted by Gasteiger charge is -2.06. The van der Waals surface area contributed by atoms with Crippen LogP contribution < -0.4 is 0 Å². The van der Waals surface area contributed by atoms with Gasteiger partial charge in [0.05, 0.1) is 6.20 Å². The SMILES string of the molecule is Cc1cc(F)c2ncc(O)c(C(=O)O)c2c1. The number of pyridine rings is 1. The van der Waals surface area contributed by atoms with Crippen LogP contribution in [0.4, 0.5) is 4.39 Å². The van der Waals surface area contributed by atoms with E-state index in [4.69, 9.17) is 5.11 Å². The summed E-state index contributed by atoms with van der Waals surface area (Å²) in [6, 6.07) is 2.74. The maximum Gasteiger partial charge on any atom is 0.340 e. The summed E-state index contributed by atoms with van der Waals surface area (Å²) < 4.78 is 13.5. The summed E-state index contributed by atoms with van der Waals surface area (Å²) in [6.45, 7) is 1.64. The Morgan fingerprint density at radius 2 is 2.12 bits per heavy atom. The average Bonchev–Trinajstić information content (AvgIpc) is 2.15. The first-order valence-electron chi connectivity index (χ1n) is 4.52. The molecule has 0 bridgehead atoms. The number of benzene rings is 1. The van der Waals surface area contributed by atoms with Crippen LogP contribution in [0.5, 0.6) is 5.75 Å². The molecule has 1 aromatic heterocycles. The molecule has 82 valence electrons. The molecular formula is C11H8FNO3. The van der Waals surface area contributed by atoms with Crippen molar-refractivity contribution in [2.45, 2.75) is 6.92 Å². The number of carboxylic acids is 1. The number of aromatic carboxylic acids is 1. The van der Waals surface area contributed by atoms with Crippen LogP contribution >= 0.6 is 0 Å². The number of hydrogen-bond acceptors (Lipinski definition) is 3. The second kappa shape index (κ2) is 3.44. The van der Waals surface area contributed by atoms with E-state index in [9.17, 15) is 14.3 Å². The molecule has 0 aliphatic rings. The van der Waals surface area contributed by atoms with Gasteiger partial charge < -0.3 is 10.2 Å². The number of carboxylic acid groups (broad SMARTS) is 1. The summed E-state index contributed by atoms with van der Waals surface area (Å²) in [4.78, 5) is 14.6. The highest BCUT2D eigenvalue weighted by atomic mass is 19.1. The maximum absolute atomic E-state index is 13.5. The molecule has 0 spiro atoms. The molecule has 2 rings (SSSR count). The molecule has 0 radical (unpaired) electrons. The minimum atomic E-state index is -1.31. The van der Waals surface area contributed by atoms with Gasteiger partial charge in [0.2, 0.25) is 0 Å². The predicted molar refractivity (Wildman–Crippen MR) is 55.1 cm³/mol. The van der Waals surface area contributed by atoms with Gasteiger partial charge in [0.1, 0.15) is 22.6 Å². The number of rotatable bonds is 1. The zero-order valence-electron chi connectivity index (χ0n) is 8.36. The van der Waals surface area contributed by atoms with E-state index in [0.717, 1.165) is 6.20 Å². The normalized spacial score (nSPS) is 10.6. The minimum absolute atomic E-state index is 0.0548. The van der Waals surface area contributed by atoms with Crippen molar-refractivity contribution in [2.24, 2.45) is 0 Å². The molecule has 16 heavy (non-hydrogen) atoms. The second-order valence-electron chi connectivity index (χ2n) is 3.47. The highest BCUT2D eigenvalue weighted by Crippen LogP contribution is 2.27. The third kappa shape index (κ3) is 1.46. The van der Waals surface area contributed by atoms with Crippen molar-refractivity contribution in [3.63, 3.8) is 0 Å². The number of aryl methyl sites for hydroxylation is 1. The fourth-order valence-corrected chi connectivity index (χ4v) is 1.61. The van der Waals surface area contributed by atoms with Gasteiger partial charge in [-0.3, -0.25) is 0 Å². The molecule has 0 saturated carbocycles. The quantitative estimate of drug-likeness (QED) is 0.773. The Labute approximate surface area is 90.0 Å². The predicted octanol–water partition coefficient (Wildman–Crippen LogP) is 2.09. The number of nitrogens with zero attached hydrogens (tertiary/aromatic N) is 1. The van der Waals surface area contributed by atoms with Crippen LogP contribution in [0.25, 0.3) is 10.9 Å². The molecule has 2 N–H and O–H groups in total. The molecule has 0 amide bonds. The summed E-state index contributed by atoms with van der Waals surface area (Å²) >= 11 is 0. The summed E-state index contributed by atoms with van der Waals surface area (Å²) in [5.74, 6) is -2.38. The summed E-state index contributed by atoms with van der Waals surface area (Å²) in [5, 5.41) is 18.4. The van der Waals surface area contributed by atoms with E-state index < -0.39 is 17.5 Å². The molecule has 1 aromatic carbocycles. The van der Waals surface area contributed by atoms with E-state index in [0.29, 0.717) is 5.56 Å². The summed E-state index contributed by atoms with van der Waals surface area (Å²) in [6.07, 6.45) is 0.935. The van der Waals surface area contributed by atoms with Gasteiger partial charge in [-0.2, -0.15) is 0 Å². The van der Waals surface area contributed by atoms with Gasteiger partial charge in [0.15, 0.2) is 0 Å². The Bertz CT molecular complexity index is 595. The lowest BCUT2D eigenvalue weighted by atomic mass is 10.1. The van der Waals surface area contributed by atoms with E-state index in [1.54, 1.807) is 6.92 Å². The molecule has 5 heteroatoms. The maximum atomic E-state index is 13.5. The Kier molecular flexibility index (Phi) is 2.23. The Hall–Kier alpha value is -2.17. The van der Waals surface area contributed by atoms with Gasteiger partial charge in [-0.25, -0.2) is 14.2 Å². The molecule has 0 fully saturated rings. The van der Waals surface area contributed by atoms with E-state index in [-0.39, 0.29) is 16.5 Å². The first kappa shape index (κ1) is 10.4. The molecule has 4 nitrogen and oxygen atoms in total. The van der Waals surface area contributed by atoms with Gasteiger partial charge in [-0.15, -0.1) is 0 Å². The van der Waals surface area contributed by atoms with Crippen molar-refractivity contribution < 1.29 is 19.4 Å². The van der Waals surface area contributed by atoms with Crippen molar-refractivity contribution in [1.82, 2.24) is 4.98 Å². The van der Waals surface area contributed by atoms with Crippen LogP contribution in [0.3, 0.4) is 0 Å². The fourth-order valence-electron chi connectivity index (χ4n) is 1.61. The Morgan fingerprint density at radius 1 is 1.44 bits per heavy atom. The second-order valence-corrected chi connectivity index (χ2v) is 3.47. The van der Waals surface area contributed by atoms with Crippen molar-refractivity contribution in [3.05, 3.63) is 35.3 Å². The summed E-state index contributed by atoms with van der Waals surface area (Å²) in [5.41, 5.74) is 0.188. The number of halogens is 1. The third-order valence-electron chi connectivity index (χ3n) is 2.26. The highest BCUT2D eigenvalue weighted by Gasteiger charge is 2.17. The van der Waals surface area contributed by atoms with Gasteiger partial charge >= 0.3 is 5.97 Å². The fraction of sp³-hybridized carbons (Fsp3) is 0.0909. The lowest BCUT2D eigenvalue weighted by molar-refractivity contribution is 0.0696. The number of aromatic nitrogens is 1. The lowest BCUT2D eigenvalue weighted by Crippen LogP contribution is -2.00. The van der Waals surface area contributed by atoms with Crippen LogP contribution in [0.15, 0.2) is 18.3 Å². The number of aromatic hydroxyl groups is 1. The molecule has 0 saturated heterocycles. The van der Waals surface area contributed by atoms with E-state index in [1.165, 1.54) is 12.1 Å². The average molecular weight is 221 g/mol. The molecule has 0 atom stereocenters. The Morgan fingerprint density at radius 3 is 2.75 bits per heavy atom. The molecule has 0 aliphatic carbocycles. The van der Waals surface area contributed by atoms with Gasteiger partial charge in [0.25, 0.3) is 0 Å². The molecular weight excluding hydrogens is 213 g/mol. The molecule has 0 unspecified atom stereocenters. The van der Waals surface area contributed by atoms with Crippen LogP contribution in [-0.4, -0.2) is 21.2 Å². The zero-order valence-corrected chi connectivity index (χ0v) is 8.36. The zero-order chi connectivity index (χ0) is 11.9. The van der Waals surface area contributed by atoms with Crippen molar-refractivity contribution in [3.8, 4) is 5.75 Å². The van der Waals surface area contributed by atoms with Crippen molar-refractivity contribution in [2.75, 3.05) is 0 Å². The first-order chi connectivity index (χ1) is 7.50. The van der Waals surface area contributed by atoms with Gasteiger partial charge in [-0.1, -0.05) is 0 Å². The van der Waals surface area contributed by atoms with E-state index >= 15 is 0 Å². The van der Waals surface area contributed by atoms with E-state index in [1.807, 2.05) is 0 Å². The molecule has 1 heterocycles. The minimum Gasteiger partial charge on any atom is -0.505 e. The standard InChI is InChI=1S/C11H8FNO3/c1-5-2-6-9(11(15)16)8(14)4-13-10(6)7(12)3-5/h2-4,14H,1H3,(H,15,16). The summed E-state index contributed by atoms with van der Waals surface area (Å²) in [7, 11) is 0. The smallest absolute Gasteiger partial charge is 0.340 e. The van der Waals surface area contributed by atoms with Crippen LogP contribution in [-0.2, 0) is 0 Å². The van der Waals surface area contributed by atoms with Gasteiger partial charge in [-0.05, 0) is 24.6 Å². The Balaban J connectivity index is 2.97. The van der Waals surface area contributed by atoms with Crippen LogP contribution in [0, 0.1) is 12.7 Å². The third-order valence-corrected chi connectivity index (χ3v) is 2.26. The first-order valence-corrected chi connectivity index (χ1v) is 4.52. The number of carbonyl (C=O) groups is 1. The largest absolute Gasteiger partial charge is 0.505 e. The number of hydrogen-bond donors (Lipinski definition) is 2. The van der Waals surface area contributed by atoms with Gasteiger partial charge in [0, 0.05) is 5.39 Å². The number of fused-ring (bicyclic) bond motifs is 1. The highest BCUT2D eigenvalue weighted by molar-refractivity contribution is 6.05. The molecule has 0 aliphatic heterocycles. The van der Waals surface area contributed by atoms with Crippen LogP contribution in [0.2, 0.25) is 0 Å². The van der Waals surface area contributed by atoms with E-state index in [2.05, 4.69) is 4.98 Å². The van der Waals surface area contributed by atoms with Crippen molar-refractivity contribution >= 4 is 16.9 Å².